The van der Waals surface area contributed by atoms with Crippen LogP contribution in [0.15, 0.2) is 152 Å². The number of nitrogens with zero attached hydrogens (tertiary/aromatic N) is 3. The normalized spacial score (nSPS) is 12.0. The summed E-state index contributed by atoms with van der Waals surface area (Å²) < 4.78 is 4.95. The Balaban J connectivity index is 0.000000226. The standard InChI is InChI=1S/C43H33N2S.C18H24NSi.Ir/c1-25(2)30-12-9-13-31(26(3)4)42(30)45-39-15-8-7-14-38(39)44-43(45)29-18-21-40-36(22-29)37-24-35-28(23-41(37)46-40)17-20-33-32-11-6-5-10-27(32)16-19-34(33)35;1-14(2)11-16-12-17(15-9-7-6-8-10-15)19-13-18(16)20(3,4)5;/h5-17,19-26H,1-4H3;6-9,12-14H,11H2,1-5H3;/q2*-1;. The maximum absolute atomic E-state index is 5.29. The summed E-state index contributed by atoms with van der Waals surface area (Å²) in [6.07, 6.45) is 3.24. The summed E-state index contributed by atoms with van der Waals surface area (Å²) in [5.41, 5.74) is 10.7. The van der Waals surface area contributed by atoms with Gasteiger partial charge in [0.2, 0.25) is 0 Å². The second-order valence-corrected chi connectivity index (χ2v) is 26.1. The van der Waals surface area contributed by atoms with Crippen LogP contribution in [0.1, 0.15) is 70.1 Å². The van der Waals surface area contributed by atoms with Gasteiger partial charge in [-0.25, -0.2) is 0 Å². The quantitative estimate of drug-likeness (QED) is 0.0862. The van der Waals surface area contributed by atoms with Crippen molar-refractivity contribution in [1.29, 1.82) is 0 Å². The van der Waals surface area contributed by atoms with Crippen molar-refractivity contribution in [1.82, 2.24) is 14.5 Å². The number of thiophene rings is 1. The van der Waals surface area contributed by atoms with Crippen molar-refractivity contribution in [2.45, 2.75) is 79.4 Å². The molecule has 0 saturated carbocycles. The molecule has 0 amide bonds. The summed E-state index contributed by atoms with van der Waals surface area (Å²) in [7, 11) is -1.34. The molecule has 3 nitrogen and oxygen atoms in total. The average molecular weight is 1080 g/mol. The van der Waals surface area contributed by atoms with Crippen LogP contribution in [-0.4, -0.2) is 22.6 Å². The first-order valence-electron chi connectivity index (χ1n) is 23.5. The third-order valence-corrected chi connectivity index (χ3v) is 16.2. The Morgan fingerprint density at radius 2 is 1.28 bits per heavy atom. The molecule has 0 fully saturated rings. The van der Waals surface area contributed by atoms with Crippen LogP contribution in [0.5, 0.6) is 0 Å². The molecule has 1 radical (unpaired) electrons. The van der Waals surface area contributed by atoms with Gasteiger partial charge in [-0.05, 0) is 113 Å². The minimum absolute atomic E-state index is 0. The van der Waals surface area contributed by atoms with Gasteiger partial charge in [0.15, 0.2) is 0 Å². The molecule has 0 aliphatic heterocycles. The number of hydrogen-bond donors (Lipinski definition) is 0. The van der Waals surface area contributed by atoms with Crippen molar-refractivity contribution in [3.63, 3.8) is 0 Å². The van der Waals surface area contributed by atoms with Crippen LogP contribution in [-0.2, 0) is 26.5 Å². The molecule has 11 aromatic rings. The molecule has 0 unspecified atom stereocenters. The topological polar surface area (TPSA) is 30.7 Å². The largest absolute Gasteiger partial charge is 0.333 e. The van der Waals surface area contributed by atoms with Gasteiger partial charge in [0.1, 0.15) is 0 Å². The monoisotopic (exact) mass is 1080 g/mol. The predicted molar refractivity (Wildman–Crippen MR) is 289 cm³/mol. The first-order valence-corrected chi connectivity index (χ1v) is 27.9. The first kappa shape index (κ1) is 46.4. The molecular formula is C61H57IrN3SSi-2. The molecule has 0 bridgehead atoms. The molecule has 0 aliphatic carbocycles. The molecule has 3 aromatic heterocycles. The third kappa shape index (κ3) is 8.82. The van der Waals surface area contributed by atoms with Crippen LogP contribution >= 0.6 is 11.3 Å². The van der Waals surface area contributed by atoms with Crippen molar-refractivity contribution in [3.8, 4) is 28.3 Å². The zero-order valence-corrected chi connectivity index (χ0v) is 44.2. The molecule has 6 heteroatoms. The third-order valence-electron chi connectivity index (χ3n) is 13.0. The molecular weight excluding hydrogens is 1030 g/mol. The maximum Gasteiger partial charge on any atom is 0.0798 e. The first-order chi connectivity index (χ1) is 31.8. The van der Waals surface area contributed by atoms with Crippen molar-refractivity contribution in [2.24, 2.45) is 5.92 Å². The Hall–Kier alpha value is -5.75. The van der Waals surface area contributed by atoms with E-state index in [1.807, 2.05) is 29.5 Å². The average Bonchev–Trinajstić information content (AvgIpc) is 3.88. The van der Waals surface area contributed by atoms with Gasteiger partial charge in [-0.15, -0.1) is 59.7 Å². The van der Waals surface area contributed by atoms with Gasteiger partial charge >= 0.3 is 0 Å². The van der Waals surface area contributed by atoms with Gasteiger partial charge in [0.25, 0.3) is 0 Å². The van der Waals surface area contributed by atoms with E-state index in [1.165, 1.54) is 80.1 Å². The molecule has 337 valence electrons. The smallest absolute Gasteiger partial charge is 0.0798 e. The molecule has 0 aliphatic rings. The molecule has 11 rings (SSSR count). The van der Waals surface area contributed by atoms with E-state index in [2.05, 4.69) is 216 Å². The van der Waals surface area contributed by atoms with E-state index in [1.54, 1.807) is 0 Å². The summed E-state index contributed by atoms with van der Waals surface area (Å²) >= 11 is 1.85. The van der Waals surface area contributed by atoms with E-state index in [4.69, 9.17) is 4.98 Å². The number of benzene rings is 8. The summed E-state index contributed by atoms with van der Waals surface area (Å²) in [5.74, 6) is 2.35. The van der Waals surface area contributed by atoms with Crippen LogP contribution in [0.25, 0.3) is 91.9 Å². The molecule has 0 N–H and O–H groups in total. The van der Waals surface area contributed by atoms with E-state index in [-0.39, 0.29) is 20.1 Å². The zero-order chi connectivity index (χ0) is 45.9. The van der Waals surface area contributed by atoms with E-state index in [9.17, 15) is 0 Å². The fraction of sp³-hybridized carbons (Fsp3) is 0.213. The van der Waals surface area contributed by atoms with Crippen LogP contribution in [0.2, 0.25) is 19.6 Å². The predicted octanol–water partition coefficient (Wildman–Crippen LogP) is 16.9. The van der Waals surface area contributed by atoms with Gasteiger partial charge in [-0.3, -0.25) is 4.98 Å². The zero-order valence-electron chi connectivity index (χ0n) is 40.0. The van der Waals surface area contributed by atoms with E-state index < -0.39 is 8.07 Å². The number of hydrogen-bond acceptors (Lipinski definition) is 3. The molecule has 0 atom stereocenters. The van der Waals surface area contributed by atoms with Crippen LogP contribution in [0.3, 0.4) is 0 Å². The molecule has 8 aromatic carbocycles. The molecule has 0 spiro atoms. The minimum Gasteiger partial charge on any atom is -0.333 e. The Morgan fingerprint density at radius 1 is 0.597 bits per heavy atom. The minimum atomic E-state index is -1.34. The molecule has 0 saturated heterocycles. The second kappa shape index (κ2) is 18.7. The van der Waals surface area contributed by atoms with Crippen molar-refractivity contribution in [2.75, 3.05) is 0 Å². The molecule has 67 heavy (non-hydrogen) atoms. The summed E-state index contributed by atoms with van der Waals surface area (Å²) in [6, 6.07) is 59.7. The number of fused-ring (bicyclic) bond motifs is 9. The van der Waals surface area contributed by atoms with Crippen molar-refractivity contribution >= 4 is 88.1 Å². The Labute approximate surface area is 414 Å². The van der Waals surface area contributed by atoms with E-state index in [0.717, 1.165) is 40.1 Å². The second-order valence-electron chi connectivity index (χ2n) is 19.9. The number of imidazole rings is 1. The Bertz CT molecular complexity index is 3570. The van der Waals surface area contributed by atoms with Crippen LogP contribution < -0.4 is 5.19 Å². The molecule has 3 heterocycles. The van der Waals surface area contributed by atoms with Crippen molar-refractivity contribution < 1.29 is 20.1 Å². The number of para-hydroxylation sites is 3. The fourth-order valence-electron chi connectivity index (χ4n) is 9.85. The van der Waals surface area contributed by atoms with Gasteiger partial charge in [-0.1, -0.05) is 157 Å². The number of rotatable bonds is 8. The van der Waals surface area contributed by atoms with E-state index >= 15 is 0 Å². The van der Waals surface area contributed by atoms with E-state index in [0.29, 0.717) is 17.8 Å². The summed E-state index contributed by atoms with van der Waals surface area (Å²) in [5, 5.41) is 11.8. The van der Waals surface area contributed by atoms with Crippen LogP contribution in [0.4, 0.5) is 0 Å². The van der Waals surface area contributed by atoms with Gasteiger partial charge < -0.3 is 9.55 Å². The fourth-order valence-corrected chi connectivity index (χ4v) is 12.5. The van der Waals surface area contributed by atoms with Gasteiger partial charge in [0.05, 0.1) is 24.9 Å². The number of pyridine rings is 1. The van der Waals surface area contributed by atoms with Crippen LogP contribution in [0, 0.1) is 18.1 Å². The Kier molecular flexibility index (Phi) is 13.0. The maximum atomic E-state index is 5.29. The van der Waals surface area contributed by atoms with Gasteiger partial charge in [0, 0.05) is 36.7 Å². The summed E-state index contributed by atoms with van der Waals surface area (Å²) in [4.78, 5) is 9.97. The number of aromatic nitrogens is 3. The SMILES string of the molecule is CC(C)Cc1cc(-c2[c-]cccc2)ncc1[Si](C)(C)C.CC(C)c1cccc(C(C)C)c1-n1c(-c2[c-]cc3sc4cc5ccc6c7ccccc7ccc6c5cc4c3c2)nc2ccccc21.[Ir]. The van der Waals surface area contributed by atoms with Gasteiger partial charge in [-0.2, -0.15) is 11.3 Å². The summed E-state index contributed by atoms with van der Waals surface area (Å²) in [6.45, 7) is 20.9. The van der Waals surface area contributed by atoms with Crippen molar-refractivity contribution in [3.05, 3.63) is 181 Å². The Morgan fingerprint density at radius 3 is 2.00 bits per heavy atom.